The number of hydrogen-bond acceptors (Lipinski definition) is 4. The number of rotatable bonds is 5. The molecule has 1 saturated heterocycles. The van der Waals surface area contributed by atoms with E-state index in [0.29, 0.717) is 30.8 Å². The molecule has 1 heterocycles. The van der Waals surface area contributed by atoms with E-state index in [2.05, 4.69) is 4.74 Å². The average Bonchev–Trinajstić information content (AvgIpc) is 2.76. The van der Waals surface area contributed by atoms with Crippen molar-refractivity contribution in [2.45, 2.75) is 25.7 Å². The summed E-state index contributed by atoms with van der Waals surface area (Å²) in [6, 6.07) is 4.75. The van der Waals surface area contributed by atoms with Crippen LogP contribution in [0.2, 0.25) is 0 Å². The molecule has 1 fully saturated rings. The predicted octanol–water partition coefficient (Wildman–Crippen LogP) is 1.86. The molecule has 1 aliphatic heterocycles. The van der Waals surface area contributed by atoms with Gasteiger partial charge in [-0.15, -0.1) is 0 Å². The molecule has 19 heavy (non-hydrogen) atoms. The van der Waals surface area contributed by atoms with Gasteiger partial charge in [0.15, 0.2) is 0 Å². The van der Waals surface area contributed by atoms with Crippen molar-refractivity contribution in [2.75, 3.05) is 20.2 Å². The van der Waals surface area contributed by atoms with Crippen molar-refractivity contribution in [3.05, 3.63) is 23.8 Å². The first-order chi connectivity index (χ1) is 9.08. The summed E-state index contributed by atoms with van der Waals surface area (Å²) >= 11 is 0. The molecule has 0 spiro atoms. The van der Waals surface area contributed by atoms with Crippen LogP contribution < -0.4 is 9.47 Å². The Bertz CT molecular complexity index is 428. The summed E-state index contributed by atoms with van der Waals surface area (Å²) in [5.74, 6) is 0.744. The first-order valence-corrected chi connectivity index (χ1v) is 6.10. The number of likely N-dealkylation sites (tertiary alicyclic amines) is 1. The fourth-order valence-corrected chi connectivity index (χ4v) is 2.21. The minimum atomic E-state index is -2.85. The molecule has 1 aromatic rings. The van der Waals surface area contributed by atoms with Gasteiger partial charge in [-0.1, -0.05) is 0 Å². The monoisotopic (exact) mass is 273 g/mol. The lowest BCUT2D eigenvalue weighted by Gasteiger charge is -2.18. The highest BCUT2D eigenvalue weighted by molar-refractivity contribution is 5.40. The third kappa shape index (κ3) is 3.78. The molecule has 6 heteroatoms. The number of hydrogen-bond donors (Lipinski definition) is 1. The summed E-state index contributed by atoms with van der Waals surface area (Å²) in [5.41, 5.74) is 0.633. The Morgan fingerprint density at radius 1 is 1.47 bits per heavy atom. The van der Waals surface area contributed by atoms with Gasteiger partial charge in [0.1, 0.15) is 11.5 Å². The van der Waals surface area contributed by atoms with Crippen molar-refractivity contribution in [1.29, 1.82) is 0 Å². The van der Waals surface area contributed by atoms with Crippen LogP contribution in [0.4, 0.5) is 8.78 Å². The summed E-state index contributed by atoms with van der Waals surface area (Å²) in [4.78, 5) is 2.00. The van der Waals surface area contributed by atoms with Gasteiger partial charge in [0, 0.05) is 25.2 Å². The Labute approximate surface area is 110 Å². The van der Waals surface area contributed by atoms with E-state index in [9.17, 15) is 13.9 Å². The third-order valence-electron chi connectivity index (χ3n) is 3.13. The van der Waals surface area contributed by atoms with Gasteiger partial charge >= 0.3 is 6.61 Å². The van der Waals surface area contributed by atoms with Gasteiger partial charge in [-0.2, -0.15) is 8.78 Å². The number of nitrogens with zero attached hydrogens (tertiary/aromatic N) is 1. The number of ether oxygens (including phenoxy) is 2. The molecular formula is C13H17F2NO3. The fraction of sp³-hybridized carbons (Fsp3) is 0.538. The Hall–Kier alpha value is -1.40. The number of aliphatic hydroxyl groups is 1. The minimum Gasteiger partial charge on any atom is -0.497 e. The number of β-amino-alcohol motifs (C(OH)–C–C–N with tert-alkyl or cyclic N) is 1. The summed E-state index contributed by atoms with van der Waals surface area (Å²) in [7, 11) is 1.52. The Kier molecular flexibility index (Phi) is 4.55. The summed E-state index contributed by atoms with van der Waals surface area (Å²) in [6.45, 7) is -1.11. The molecule has 0 aromatic heterocycles. The van der Waals surface area contributed by atoms with Crippen LogP contribution in [0, 0.1) is 0 Å². The Morgan fingerprint density at radius 2 is 2.26 bits per heavy atom. The third-order valence-corrected chi connectivity index (χ3v) is 3.13. The molecule has 0 radical (unpaired) electrons. The van der Waals surface area contributed by atoms with Crippen molar-refractivity contribution in [2.24, 2.45) is 0 Å². The Morgan fingerprint density at radius 3 is 2.84 bits per heavy atom. The minimum absolute atomic E-state index is 0.150. The zero-order valence-corrected chi connectivity index (χ0v) is 10.7. The van der Waals surface area contributed by atoms with Gasteiger partial charge in [0.25, 0.3) is 0 Å². The number of benzene rings is 1. The van der Waals surface area contributed by atoms with E-state index in [1.165, 1.54) is 13.2 Å². The fourth-order valence-electron chi connectivity index (χ4n) is 2.21. The lowest BCUT2D eigenvalue weighted by Crippen LogP contribution is -2.22. The highest BCUT2D eigenvalue weighted by Gasteiger charge is 2.22. The van der Waals surface area contributed by atoms with Crippen molar-refractivity contribution < 1.29 is 23.4 Å². The van der Waals surface area contributed by atoms with Gasteiger partial charge in [-0.25, -0.2) is 0 Å². The molecule has 0 saturated carbocycles. The van der Waals surface area contributed by atoms with Crippen LogP contribution in [0.25, 0.3) is 0 Å². The smallest absolute Gasteiger partial charge is 0.387 e. The molecule has 1 N–H and O–H groups in total. The van der Waals surface area contributed by atoms with Crippen molar-refractivity contribution in [3.63, 3.8) is 0 Å². The maximum atomic E-state index is 12.4. The van der Waals surface area contributed by atoms with Crippen molar-refractivity contribution >= 4 is 0 Å². The van der Waals surface area contributed by atoms with Crippen LogP contribution in [0.15, 0.2) is 18.2 Å². The van der Waals surface area contributed by atoms with Gasteiger partial charge in [-0.3, -0.25) is 4.90 Å². The maximum Gasteiger partial charge on any atom is 0.387 e. The van der Waals surface area contributed by atoms with Crippen LogP contribution in [-0.4, -0.2) is 42.9 Å². The second-order valence-electron chi connectivity index (χ2n) is 4.53. The predicted molar refractivity (Wildman–Crippen MR) is 65.5 cm³/mol. The molecule has 0 unspecified atom stereocenters. The lowest BCUT2D eigenvalue weighted by molar-refractivity contribution is -0.0508. The van der Waals surface area contributed by atoms with E-state index >= 15 is 0 Å². The lowest BCUT2D eigenvalue weighted by atomic mass is 10.1. The number of methoxy groups -OCH3 is 1. The largest absolute Gasteiger partial charge is 0.497 e. The first kappa shape index (κ1) is 14.0. The zero-order chi connectivity index (χ0) is 13.8. The van der Waals surface area contributed by atoms with Gasteiger partial charge in [0.05, 0.1) is 13.2 Å². The normalized spacial score (nSPS) is 19.9. The SMILES string of the molecule is COc1ccc(OC(F)F)c(CN2CC[C@@H](O)C2)c1. The molecule has 2 rings (SSSR count). The van der Waals surface area contributed by atoms with Gasteiger partial charge < -0.3 is 14.6 Å². The second-order valence-corrected chi connectivity index (χ2v) is 4.53. The summed E-state index contributed by atoms with van der Waals surface area (Å²) in [5, 5.41) is 9.48. The van der Waals surface area contributed by atoms with Crippen LogP contribution in [0.5, 0.6) is 11.5 Å². The Balaban J connectivity index is 2.14. The molecule has 0 bridgehead atoms. The topological polar surface area (TPSA) is 41.9 Å². The molecular weight excluding hydrogens is 256 g/mol. The zero-order valence-electron chi connectivity index (χ0n) is 10.7. The second kappa shape index (κ2) is 6.16. The van der Waals surface area contributed by atoms with Crippen LogP contribution in [0.1, 0.15) is 12.0 Å². The quantitative estimate of drug-likeness (QED) is 0.889. The molecule has 1 aliphatic rings. The van der Waals surface area contributed by atoms with E-state index < -0.39 is 6.61 Å². The van der Waals surface area contributed by atoms with Crippen molar-refractivity contribution in [3.8, 4) is 11.5 Å². The molecule has 106 valence electrons. The molecule has 1 aromatic carbocycles. The number of aliphatic hydroxyl groups excluding tert-OH is 1. The van der Waals surface area contributed by atoms with Gasteiger partial charge in [0.2, 0.25) is 0 Å². The van der Waals surface area contributed by atoms with E-state index in [0.717, 1.165) is 6.54 Å². The average molecular weight is 273 g/mol. The van der Waals surface area contributed by atoms with Crippen LogP contribution >= 0.6 is 0 Å². The highest BCUT2D eigenvalue weighted by Crippen LogP contribution is 2.28. The standard InChI is InChI=1S/C13H17F2NO3/c1-18-11-2-3-12(19-13(14)15)9(6-11)7-16-5-4-10(17)8-16/h2-3,6,10,13,17H,4-5,7-8H2,1H3/t10-/m1/s1. The van der Waals surface area contributed by atoms with E-state index in [4.69, 9.17) is 4.74 Å². The highest BCUT2D eigenvalue weighted by atomic mass is 19.3. The molecule has 0 amide bonds. The van der Waals surface area contributed by atoms with E-state index in [1.807, 2.05) is 4.90 Å². The van der Waals surface area contributed by atoms with Gasteiger partial charge in [-0.05, 0) is 24.6 Å². The van der Waals surface area contributed by atoms with E-state index in [-0.39, 0.29) is 11.9 Å². The van der Waals surface area contributed by atoms with Crippen LogP contribution in [0.3, 0.4) is 0 Å². The number of alkyl halides is 2. The van der Waals surface area contributed by atoms with Crippen molar-refractivity contribution in [1.82, 2.24) is 4.90 Å². The molecule has 1 atom stereocenters. The first-order valence-electron chi connectivity index (χ1n) is 6.10. The molecule has 4 nitrogen and oxygen atoms in total. The molecule has 0 aliphatic carbocycles. The summed E-state index contributed by atoms with van der Waals surface area (Å²) < 4.78 is 34.3. The number of halogens is 2. The maximum absolute atomic E-state index is 12.4. The van der Waals surface area contributed by atoms with E-state index in [1.54, 1.807) is 12.1 Å². The van der Waals surface area contributed by atoms with Crippen LogP contribution in [-0.2, 0) is 6.54 Å². The summed E-state index contributed by atoms with van der Waals surface area (Å²) in [6.07, 6.45) is 0.361.